The Kier molecular flexibility index (Phi) is 11.6. The normalized spacial score (nSPS) is 15.4. The molecule has 1 aliphatic heterocycles. The van der Waals surface area contributed by atoms with Gasteiger partial charge >= 0.3 is 0 Å². The molecule has 0 amide bonds. The number of hydrogen-bond acceptors (Lipinski definition) is 3. The Morgan fingerprint density at radius 1 is 0.950 bits per heavy atom. The van der Waals surface area contributed by atoms with Gasteiger partial charge in [0.05, 0.1) is 6.04 Å². The summed E-state index contributed by atoms with van der Waals surface area (Å²) in [6.07, 6.45) is 12.5. The summed E-state index contributed by atoms with van der Waals surface area (Å²) in [6.45, 7) is 11.1. The molecular weight excluding hydrogens is 510 g/mol. The number of benzene rings is 3. The van der Waals surface area contributed by atoms with Crippen LogP contribution in [0.25, 0.3) is 5.70 Å². The van der Waals surface area contributed by atoms with Crippen LogP contribution in [0.5, 0.6) is 0 Å². The highest BCUT2D eigenvalue weighted by atomic mass is 35.5. The number of anilines is 2. The third-order valence-electron chi connectivity index (χ3n) is 8.31. The number of nitrogens with zero attached hydrogens (tertiary/aromatic N) is 1. The van der Waals surface area contributed by atoms with Crippen molar-refractivity contribution in [1.82, 2.24) is 10.2 Å². The van der Waals surface area contributed by atoms with E-state index in [1.807, 2.05) is 12.1 Å². The number of unbranched alkanes of at least 4 members (excludes halogenated alkanes) is 3. The van der Waals surface area contributed by atoms with E-state index in [0.717, 1.165) is 41.5 Å². The number of halogens is 1. The van der Waals surface area contributed by atoms with Gasteiger partial charge in [-0.15, -0.1) is 0 Å². The van der Waals surface area contributed by atoms with Gasteiger partial charge in [0.2, 0.25) is 0 Å². The topological polar surface area (TPSA) is 27.3 Å². The van der Waals surface area contributed by atoms with Crippen molar-refractivity contribution in [2.75, 3.05) is 11.9 Å². The lowest BCUT2D eigenvalue weighted by Gasteiger charge is -2.36. The molecule has 0 bridgehead atoms. The van der Waals surface area contributed by atoms with E-state index in [-0.39, 0.29) is 6.04 Å². The predicted molar refractivity (Wildman–Crippen MR) is 174 cm³/mol. The molecule has 3 aromatic rings. The van der Waals surface area contributed by atoms with Gasteiger partial charge in [-0.05, 0) is 79.6 Å². The van der Waals surface area contributed by atoms with Gasteiger partial charge in [-0.1, -0.05) is 106 Å². The largest absolute Gasteiger partial charge is 0.378 e. The molecule has 0 fully saturated rings. The molecule has 40 heavy (non-hydrogen) atoms. The van der Waals surface area contributed by atoms with Crippen LogP contribution in [0.2, 0.25) is 5.02 Å². The first-order valence-electron chi connectivity index (χ1n) is 15.4. The van der Waals surface area contributed by atoms with E-state index in [4.69, 9.17) is 11.6 Å². The monoisotopic (exact) mass is 557 g/mol. The average Bonchev–Trinajstić information content (AvgIpc) is 2.98. The molecule has 0 aliphatic carbocycles. The lowest BCUT2D eigenvalue weighted by atomic mass is 9.94. The highest BCUT2D eigenvalue weighted by Crippen LogP contribution is 2.33. The third-order valence-corrected chi connectivity index (χ3v) is 8.66. The summed E-state index contributed by atoms with van der Waals surface area (Å²) < 4.78 is 0. The molecule has 3 nitrogen and oxygen atoms in total. The summed E-state index contributed by atoms with van der Waals surface area (Å²) >= 11 is 6.71. The van der Waals surface area contributed by atoms with Gasteiger partial charge in [0.15, 0.2) is 0 Å². The second-order valence-electron chi connectivity index (χ2n) is 11.3. The lowest BCUT2D eigenvalue weighted by Crippen LogP contribution is -2.39. The molecule has 0 spiro atoms. The van der Waals surface area contributed by atoms with E-state index >= 15 is 0 Å². The molecule has 1 aliphatic rings. The maximum absolute atomic E-state index is 6.71. The summed E-state index contributed by atoms with van der Waals surface area (Å²) in [6, 6.07) is 24.3. The minimum atomic E-state index is 0.0618. The van der Waals surface area contributed by atoms with E-state index in [0.29, 0.717) is 6.04 Å². The van der Waals surface area contributed by atoms with E-state index in [9.17, 15) is 0 Å². The maximum atomic E-state index is 6.71. The Balaban J connectivity index is 1.46. The molecule has 0 radical (unpaired) electrons. The first-order valence-corrected chi connectivity index (χ1v) is 15.8. The molecule has 4 rings (SSSR count). The Labute approximate surface area is 248 Å². The van der Waals surface area contributed by atoms with Crippen molar-refractivity contribution in [2.24, 2.45) is 0 Å². The van der Waals surface area contributed by atoms with Crippen LogP contribution in [0.3, 0.4) is 0 Å². The zero-order chi connectivity index (χ0) is 28.3. The third kappa shape index (κ3) is 7.92. The van der Waals surface area contributed by atoms with Gasteiger partial charge in [-0.25, -0.2) is 0 Å². The van der Waals surface area contributed by atoms with E-state index in [2.05, 4.69) is 104 Å². The lowest BCUT2D eigenvalue weighted by molar-refractivity contribution is 0.157. The van der Waals surface area contributed by atoms with Crippen molar-refractivity contribution < 1.29 is 0 Å². The number of fused-ring (bicyclic) bond motifs is 1. The first-order chi connectivity index (χ1) is 19.5. The zero-order valence-electron chi connectivity index (χ0n) is 25.0. The van der Waals surface area contributed by atoms with Gasteiger partial charge in [0, 0.05) is 41.2 Å². The fraction of sp³-hybridized carbons (Fsp3) is 0.444. The van der Waals surface area contributed by atoms with Crippen LogP contribution in [-0.2, 0) is 13.0 Å². The van der Waals surface area contributed by atoms with E-state index in [1.165, 1.54) is 67.3 Å². The molecule has 214 valence electrons. The quantitative estimate of drug-likeness (QED) is 0.193. The summed E-state index contributed by atoms with van der Waals surface area (Å²) in [7, 11) is 0. The van der Waals surface area contributed by atoms with Gasteiger partial charge in [-0.2, -0.15) is 0 Å². The summed E-state index contributed by atoms with van der Waals surface area (Å²) in [5.74, 6) is 0. The van der Waals surface area contributed by atoms with Crippen molar-refractivity contribution in [3.05, 3.63) is 100 Å². The fourth-order valence-corrected chi connectivity index (χ4v) is 6.36. The second kappa shape index (κ2) is 15.3. The average molecular weight is 558 g/mol. The van der Waals surface area contributed by atoms with Crippen molar-refractivity contribution >= 4 is 28.7 Å². The number of rotatable bonds is 14. The molecular formula is C36H48ClN3. The molecule has 2 atom stereocenters. The van der Waals surface area contributed by atoms with Gasteiger partial charge in [0.25, 0.3) is 0 Å². The Morgan fingerprint density at radius 3 is 2.52 bits per heavy atom. The van der Waals surface area contributed by atoms with E-state index < -0.39 is 0 Å². The molecule has 0 aromatic heterocycles. The number of allylic oxidation sites excluding steroid dienone is 1. The van der Waals surface area contributed by atoms with Crippen LogP contribution >= 0.6 is 11.6 Å². The first kappa shape index (κ1) is 30.2. The zero-order valence-corrected chi connectivity index (χ0v) is 25.7. The van der Waals surface area contributed by atoms with Crippen LogP contribution in [0.4, 0.5) is 11.4 Å². The van der Waals surface area contributed by atoms with Crippen LogP contribution in [-0.4, -0.2) is 17.5 Å². The molecule has 4 heteroatoms. The van der Waals surface area contributed by atoms with Crippen molar-refractivity contribution in [3.8, 4) is 0 Å². The SMILES string of the molecule is C/C=C(\NC(C)c1cc(Nc2cccc3c2CCN(C(CCC)CCCCCC)C3)ccc1Cl)c1ccccc1. The molecule has 0 saturated carbocycles. The Morgan fingerprint density at radius 2 is 1.77 bits per heavy atom. The molecule has 0 saturated heterocycles. The van der Waals surface area contributed by atoms with Gasteiger partial charge in [0.1, 0.15) is 0 Å². The Bertz CT molecular complexity index is 1240. The highest BCUT2D eigenvalue weighted by molar-refractivity contribution is 6.31. The smallest absolute Gasteiger partial charge is 0.0501 e. The van der Waals surface area contributed by atoms with Crippen LogP contribution in [0, 0.1) is 0 Å². The predicted octanol–water partition coefficient (Wildman–Crippen LogP) is 10.3. The minimum Gasteiger partial charge on any atom is -0.378 e. The second-order valence-corrected chi connectivity index (χ2v) is 11.7. The standard InChI is InChI=1S/C36H48ClN3/c1-5-8-9-13-19-31(15-6-2)40-24-23-32-29(26-40)18-14-20-36(32)39-30-21-22-34(37)33(25-30)27(4)38-35(7-3)28-16-11-10-12-17-28/h7,10-12,14,16-18,20-22,25,27,31,38-39H,5-6,8-9,13,15,19,23-24,26H2,1-4H3/b35-7-. The number of nitrogens with one attached hydrogen (secondary N) is 2. The van der Waals surface area contributed by atoms with Crippen molar-refractivity contribution in [1.29, 1.82) is 0 Å². The maximum Gasteiger partial charge on any atom is 0.0501 e. The highest BCUT2D eigenvalue weighted by Gasteiger charge is 2.24. The minimum absolute atomic E-state index is 0.0618. The van der Waals surface area contributed by atoms with Crippen molar-refractivity contribution in [3.63, 3.8) is 0 Å². The van der Waals surface area contributed by atoms with Gasteiger partial charge < -0.3 is 10.6 Å². The number of hydrogen-bond donors (Lipinski definition) is 2. The molecule has 1 heterocycles. The molecule has 3 aromatic carbocycles. The summed E-state index contributed by atoms with van der Waals surface area (Å²) in [5, 5.41) is 8.20. The Hall–Kier alpha value is -2.75. The van der Waals surface area contributed by atoms with Gasteiger partial charge in [-0.3, -0.25) is 4.90 Å². The summed E-state index contributed by atoms with van der Waals surface area (Å²) in [4.78, 5) is 2.75. The molecule has 2 N–H and O–H groups in total. The van der Waals surface area contributed by atoms with Crippen LogP contribution < -0.4 is 10.6 Å². The summed E-state index contributed by atoms with van der Waals surface area (Å²) in [5.41, 5.74) is 8.59. The van der Waals surface area contributed by atoms with Crippen molar-refractivity contribution in [2.45, 2.75) is 97.7 Å². The van der Waals surface area contributed by atoms with Crippen LogP contribution in [0.1, 0.15) is 101 Å². The fourth-order valence-electron chi connectivity index (χ4n) is 6.08. The molecule has 2 unspecified atom stereocenters. The van der Waals surface area contributed by atoms with Crippen LogP contribution in [0.15, 0.2) is 72.8 Å². The van der Waals surface area contributed by atoms with E-state index in [1.54, 1.807) is 0 Å².